The Balaban J connectivity index is 2.17. The second kappa shape index (κ2) is 7.09. The van der Waals surface area contributed by atoms with Crippen molar-refractivity contribution in [3.05, 3.63) is 53.8 Å². The number of unbranched alkanes of at least 4 members (excludes halogenated alkanes) is 1. The normalized spacial score (nSPS) is 10.6. The van der Waals surface area contributed by atoms with Gasteiger partial charge in [0.25, 0.3) is 0 Å². The molecule has 2 aromatic carbocycles. The molecule has 2 aromatic rings. The lowest BCUT2D eigenvalue weighted by molar-refractivity contribution is 0.321. The van der Waals surface area contributed by atoms with Gasteiger partial charge in [0.1, 0.15) is 0 Å². The van der Waals surface area contributed by atoms with E-state index in [9.17, 15) is 4.39 Å². The molecule has 0 bridgehead atoms. The summed E-state index contributed by atoms with van der Waals surface area (Å²) in [6.45, 7) is 4.52. The monoisotopic (exact) mass is 272 g/mol. The van der Waals surface area contributed by atoms with Gasteiger partial charge in [0.2, 0.25) is 0 Å². The number of aryl methyl sites for hydroxylation is 1. The first kappa shape index (κ1) is 14.6. The third kappa shape index (κ3) is 3.60. The molecule has 0 N–H and O–H groups in total. The van der Waals surface area contributed by atoms with E-state index < -0.39 is 0 Å². The highest BCUT2D eigenvalue weighted by Gasteiger charge is 2.05. The van der Waals surface area contributed by atoms with Crippen molar-refractivity contribution in [1.82, 2.24) is 0 Å². The number of hydrogen-bond donors (Lipinski definition) is 0. The third-order valence-corrected chi connectivity index (χ3v) is 3.34. The summed E-state index contributed by atoms with van der Waals surface area (Å²) in [6, 6.07) is 13.5. The minimum absolute atomic E-state index is 0.306. The van der Waals surface area contributed by atoms with Crippen molar-refractivity contribution in [3.8, 4) is 16.9 Å². The van der Waals surface area contributed by atoms with Crippen LogP contribution in [-0.4, -0.2) is 6.61 Å². The fourth-order valence-electron chi connectivity index (χ4n) is 2.20. The van der Waals surface area contributed by atoms with E-state index in [1.807, 2.05) is 13.0 Å². The Bertz CT molecular complexity index is 546. The second-order valence-corrected chi connectivity index (χ2v) is 4.88. The lowest BCUT2D eigenvalue weighted by Crippen LogP contribution is -1.94. The van der Waals surface area contributed by atoms with Gasteiger partial charge < -0.3 is 4.74 Å². The molecule has 1 nitrogen and oxygen atoms in total. The summed E-state index contributed by atoms with van der Waals surface area (Å²) >= 11 is 0. The molecule has 0 fully saturated rings. The SMILES string of the molecule is CCCCc1ccc(-c2ccc(OCC)c(F)c2)cc1. The van der Waals surface area contributed by atoms with Crippen molar-refractivity contribution >= 4 is 0 Å². The molecule has 0 saturated heterocycles. The lowest BCUT2D eigenvalue weighted by Gasteiger charge is -2.08. The summed E-state index contributed by atoms with van der Waals surface area (Å²) in [5.41, 5.74) is 3.25. The van der Waals surface area contributed by atoms with E-state index in [0.717, 1.165) is 17.5 Å². The Kier molecular flexibility index (Phi) is 5.16. The smallest absolute Gasteiger partial charge is 0.165 e. The first-order valence-electron chi connectivity index (χ1n) is 7.26. The summed E-state index contributed by atoms with van der Waals surface area (Å²) < 4.78 is 19.1. The van der Waals surface area contributed by atoms with E-state index in [1.54, 1.807) is 6.07 Å². The molecule has 0 amide bonds. The maximum absolute atomic E-state index is 13.8. The maximum Gasteiger partial charge on any atom is 0.165 e. The quantitative estimate of drug-likeness (QED) is 0.699. The molecule has 0 atom stereocenters. The van der Waals surface area contributed by atoms with Crippen molar-refractivity contribution in [3.63, 3.8) is 0 Å². The third-order valence-electron chi connectivity index (χ3n) is 3.34. The van der Waals surface area contributed by atoms with Crippen molar-refractivity contribution < 1.29 is 9.13 Å². The number of hydrogen-bond acceptors (Lipinski definition) is 1. The molecule has 2 rings (SSSR count). The highest BCUT2D eigenvalue weighted by Crippen LogP contribution is 2.26. The number of halogens is 1. The van der Waals surface area contributed by atoms with Crippen LogP contribution < -0.4 is 4.74 Å². The van der Waals surface area contributed by atoms with E-state index in [-0.39, 0.29) is 5.82 Å². The van der Waals surface area contributed by atoms with Gasteiger partial charge in [-0.2, -0.15) is 0 Å². The van der Waals surface area contributed by atoms with Crippen LogP contribution in [0.1, 0.15) is 32.3 Å². The Morgan fingerprint density at radius 2 is 1.65 bits per heavy atom. The molecule has 0 spiro atoms. The Labute approximate surface area is 120 Å². The predicted octanol–water partition coefficient (Wildman–Crippen LogP) is 5.23. The summed E-state index contributed by atoms with van der Waals surface area (Å²) in [5.74, 6) is 0.00947. The molecule has 0 aliphatic rings. The van der Waals surface area contributed by atoms with Gasteiger partial charge in [-0.05, 0) is 48.6 Å². The first-order valence-corrected chi connectivity index (χ1v) is 7.26. The second-order valence-electron chi connectivity index (χ2n) is 4.88. The number of benzene rings is 2. The highest BCUT2D eigenvalue weighted by molar-refractivity contribution is 5.64. The van der Waals surface area contributed by atoms with Crippen LogP contribution in [-0.2, 0) is 6.42 Å². The van der Waals surface area contributed by atoms with Crippen molar-refractivity contribution in [2.24, 2.45) is 0 Å². The average Bonchev–Trinajstić information content (AvgIpc) is 2.48. The summed E-state index contributed by atoms with van der Waals surface area (Å²) in [7, 11) is 0. The van der Waals surface area contributed by atoms with Gasteiger partial charge in [0, 0.05) is 0 Å². The van der Waals surface area contributed by atoms with Gasteiger partial charge in [-0.25, -0.2) is 4.39 Å². The van der Waals surface area contributed by atoms with E-state index in [1.165, 1.54) is 24.5 Å². The van der Waals surface area contributed by atoms with Gasteiger partial charge in [-0.15, -0.1) is 0 Å². The largest absolute Gasteiger partial charge is 0.491 e. The zero-order valence-corrected chi connectivity index (χ0v) is 12.2. The van der Waals surface area contributed by atoms with Crippen LogP contribution in [0.3, 0.4) is 0 Å². The fraction of sp³-hybridized carbons (Fsp3) is 0.333. The van der Waals surface area contributed by atoms with E-state index in [0.29, 0.717) is 12.4 Å². The van der Waals surface area contributed by atoms with Crippen LogP contribution in [0, 0.1) is 5.82 Å². The molecule has 0 aliphatic heterocycles. The minimum Gasteiger partial charge on any atom is -0.491 e. The molecular weight excluding hydrogens is 251 g/mol. The molecule has 0 radical (unpaired) electrons. The maximum atomic E-state index is 13.8. The van der Waals surface area contributed by atoms with E-state index in [4.69, 9.17) is 4.74 Å². The average molecular weight is 272 g/mol. The number of ether oxygens (including phenoxy) is 1. The topological polar surface area (TPSA) is 9.23 Å². The highest BCUT2D eigenvalue weighted by atomic mass is 19.1. The molecule has 0 aliphatic carbocycles. The van der Waals surface area contributed by atoms with Gasteiger partial charge in [-0.1, -0.05) is 43.7 Å². The first-order chi connectivity index (χ1) is 9.74. The number of rotatable bonds is 6. The molecular formula is C18H21FO. The van der Waals surface area contributed by atoms with Crippen LogP contribution in [0.5, 0.6) is 5.75 Å². The molecule has 0 unspecified atom stereocenters. The minimum atomic E-state index is -0.306. The predicted molar refractivity (Wildman–Crippen MR) is 81.6 cm³/mol. The van der Waals surface area contributed by atoms with E-state index in [2.05, 4.69) is 31.2 Å². The summed E-state index contributed by atoms with van der Waals surface area (Å²) in [6.07, 6.45) is 3.51. The molecule has 2 heteroatoms. The van der Waals surface area contributed by atoms with Crippen molar-refractivity contribution in [2.75, 3.05) is 6.61 Å². The lowest BCUT2D eigenvalue weighted by atomic mass is 10.0. The van der Waals surface area contributed by atoms with Crippen LogP contribution in [0.2, 0.25) is 0 Å². The molecule has 106 valence electrons. The van der Waals surface area contributed by atoms with Gasteiger partial charge >= 0.3 is 0 Å². The van der Waals surface area contributed by atoms with Crippen LogP contribution in [0.15, 0.2) is 42.5 Å². The van der Waals surface area contributed by atoms with E-state index >= 15 is 0 Å². The summed E-state index contributed by atoms with van der Waals surface area (Å²) in [5, 5.41) is 0. The standard InChI is InChI=1S/C18H21FO/c1-3-5-6-14-7-9-15(10-8-14)16-11-12-18(20-4-2)17(19)13-16/h7-13H,3-6H2,1-2H3. The van der Waals surface area contributed by atoms with Crippen molar-refractivity contribution in [2.45, 2.75) is 33.1 Å². The van der Waals surface area contributed by atoms with Gasteiger partial charge in [0.05, 0.1) is 6.61 Å². The zero-order valence-electron chi connectivity index (χ0n) is 12.2. The molecule has 0 aromatic heterocycles. The molecule has 20 heavy (non-hydrogen) atoms. The Morgan fingerprint density at radius 1 is 0.950 bits per heavy atom. The zero-order chi connectivity index (χ0) is 14.4. The Morgan fingerprint density at radius 3 is 2.25 bits per heavy atom. The van der Waals surface area contributed by atoms with Crippen LogP contribution >= 0.6 is 0 Å². The summed E-state index contributed by atoms with van der Waals surface area (Å²) in [4.78, 5) is 0. The fourth-order valence-corrected chi connectivity index (χ4v) is 2.20. The van der Waals surface area contributed by atoms with Crippen molar-refractivity contribution in [1.29, 1.82) is 0 Å². The Hall–Kier alpha value is -1.83. The van der Waals surface area contributed by atoms with Gasteiger partial charge in [0.15, 0.2) is 11.6 Å². The van der Waals surface area contributed by atoms with Crippen LogP contribution in [0.25, 0.3) is 11.1 Å². The molecule has 0 saturated carbocycles. The molecule has 0 heterocycles. The van der Waals surface area contributed by atoms with Gasteiger partial charge in [-0.3, -0.25) is 0 Å². The van der Waals surface area contributed by atoms with Crippen LogP contribution in [0.4, 0.5) is 4.39 Å².